The average molecular weight is 520 g/mol. The molecule has 3 aromatic rings. The first-order chi connectivity index (χ1) is 13.6. The lowest BCUT2D eigenvalue weighted by Crippen LogP contribution is -2.00. The zero-order valence-corrected chi connectivity index (χ0v) is 18.0. The Bertz CT molecular complexity index is 1240. The summed E-state index contributed by atoms with van der Waals surface area (Å²) in [7, 11) is -4.68. The predicted octanol–water partition coefficient (Wildman–Crippen LogP) is 5.45. The molecule has 0 saturated heterocycles. The summed E-state index contributed by atoms with van der Waals surface area (Å²) in [5.74, 6) is -0.439. The lowest BCUT2D eigenvalue weighted by molar-refractivity contribution is -0.432. The van der Waals surface area contributed by atoms with Crippen LogP contribution in [0.15, 0.2) is 32.2 Å². The van der Waals surface area contributed by atoms with Gasteiger partial charge in [-0.15, -0.1) is 14.6 Å². The van der Waals surface area contributed by atoms with E-state index in [2.05, 4.69) is 28.3 Å². The van der Waals surface area contributed by atoms with Gasteiger partial charge in [0.15, 0.2) is 5.75 Å². The number of hydrogen-bond acceptors (Lipinski definition) is 12. The molecule has 2 aromatic carbocycles. The number of nitrogens with zero attached hydrogens (tertiary/aromatic N) is 4. The molecule has 1 heterocycles. The zero-order valence-electron chi connectivity index (χ0n) is 13.3. The van der Waals surface area contributed by atoms with Crippen LogP contribution in [0.3, 0.4) is 0 Å². The Morgan fingerprint density at radius 3 is 2.45 bits per heavy atom. The van der Waals surface area contributed by atoms with Crippen LogP contribution in [-0.2, 0) is 19.5 Å². The maximum atomic E-state index is 11.7. The van der Waals surface area contributed by atoms with Crippen molar-refractivity contribution in [1.29, 1.82) is 0 Å². The fraction of sp³-hybridized carbons (Fsp3) is 0. The summed E-state index contributed by atoms with van der Waals surface area (Å²) in [6, 6.07) is 2.16. The standard InChI is InChI=1S/C12H5Cl3N4O7S3/c13-3-1-4(7(14)8(15)12(3)20)16-17-9-5(27-26-25-21)2-6(29(22,23)24)10-11(9)19-28-18-10/h1-2,20-21H,(H,22,23,24). The Labute approximate surface area is 185 Å². The summed E-state index contributed by atoms with van der Waals surface area (Å²) in [6.07, 6.45) is 0. The highest BCUT2D eigenvalue weighted by molar-refractivity contribution is 7.94. The second kappa shape index (κ2) is 8.81. The van der Waals surface area contributed by atoms with Gasteiger partial charge < -0.3 is 5.11 Å². The van der Waals surface area contributed by atoms with E-state index in [1.807, 2.05) is 0 Å². The predicted molar refractivity (Wildman–Crippen MR) is 105 cm³/mol. The summed E-state index contributed by atoms with van der Waals surface area (Å²) < 4.78 is 44.8. The summed E-state index contributed by atoms with van der Waals surface area (Å²) in [5, 5.41) is 28.9. The largest absolute Gasteiger partial charge is 0.505 e. The average Bonchev–Trinajstić information content (AvgIpc) is 3.15. The lowest BCUT2D eigenvalue weighted by Gasteiger charge is -2.07. The summed E-state index contributed by atoms with van der Waals surface area (Å²) in [4.78, 5) is -0.638. The molecule has 3 N–H and O–H groups in total. The van der Waals surface area contributed by atoms with Crippen molar-refractivity contribution in [3.63, 3.8) is 0 Å². The number of hydrogen-bond donors (Lipinski definition) is 3. The van der Waals surface area contributed by atoms with Gasteiger partial charge in [0, 0.05) is 0 Å². The number of rotatable bonds is 6. The molecule has 0 spiro atoms. The second-order valence-electron chi connectivity index (χ2n) is 4.94. The van der Waals surface area contributed by atoms with E-state index in [0.29, 0.717) is 23.8 Å². The number of aromatic nitrogens is 2. The zero-order chi connectivity index (χ0) is 21.3. The third-order valence-electron chi connectivity index (χ3n) is 3.25. The molecular formula is C12H5Cl3N4O7S3. The molecule has 1 aromatic heterocycles. The fourth-order valence-corrected chi connectivity index (χ4v) is 4.50. The molecule has 0 amide bonds. The molecule has 154 valence electrons. The van der Waals surface area contributed by atoms with Crippen molar-refractivity contribution < 1.29 is 32.7 Å². The van der Waals surface area contributed by atoms with Crippen molar-refractivity contribution in [2.75, 3.05) is 0 Å². The quantitative estimate of drug-likeness (QED) is 0.0952. The van der Waals surface area contributed by atoms with Gasteiger partial charge in [-0.25, -0.2) is 5.26 Å². The van der Waals surface area contributed by atoms with E-state index in [4.69, 9.17) is 40.1 Å². The van der Waals surface area contributed by atoms with E-state index < -0.39 is 20.8 Å². The second-order valence-corrected chi connectivity index (χ2v) is 8.76. The van der Waals surface area contributed by atoms with Crippen LogP contribution in [-0.4, -0.2) is 32.1 Å². The van der Waals surface area contributed by atoms with E-state index in [-0.39, 0.29) is 42.4 Å². The highest BCUT2D eigenvalue weighted by Crippen LogP contribution is 2.45. The van der Waals surface area contributed by atoms with Crippen LogP contribution in [0, 0.1) is 0 Å². The van der Waals surface area contributed by atoms with Crippen molar-refractivity contribution in [2.45, 2.75) is 9.79 Å². The van der Waals surface area contributed by atoms with Crippen LogP contribution in [0.4, 0.5) is 11.4 Å². The van der Waals surface area contributed by atoms with E-state index in [1.165, 1.54) is 6.07 Å². The Balaban J connectivity index is 2.21. The van der Waals surface area contributed by atoms with E-state index in [0.717, 1.165) is 6.07 Å². The minimum atomic E-state index is -4.68. The van der Waals surface area contributed by atoms with Crippen molar-refractivity contribution in [1.82, 2.24) is 8.75 Å². The molecule has 0 saturated carbocycles. The van der Waals surface area contributed by atoms with Gasteiger partial charge in [-0.2, -0.15) is 17.2 Å². The fourth-order valence-electron chi connectivity index (χ4n) is 2.04. The molecule has 0 unspecified atom stereocenters. The molecule has 3 rings (SSSR count). The van der Waals surface area contributed by atoms with Crippen LogP contribution >= 0.6 is 58.6 Å². The van der Waals surface area contributed by atoms with E-state index in [1.54, 1.807) is 0 Å². The third kappa shape index (κ3) is 4.56. The number of phenolic OH excluding ortho intramolecular Hbond substituents is 1. The van der Waals surface area contributed by atoms with Crippen molar-refractivity contribution in [3.05, 3.63) is 27.2 Å². The SMILES string of the molecule is O=S(=O)(O)c1cc(SOOO)c(N=Nc2cc(Cl)c(O)c(Cl)c2Cl)c2nsnc12. The molecule has 17 heteroatoms. The van der Waals surface area contributed by atoms with Crippen molar-refractivity contribution >= 4 is 91.1 Å². The van der Waals surface area contributed by atoms with Crippen molar-refractivity contribution in [2.24, 2.45) is 10.2 Å². The number of benzene rings is 2. The Hall–Kier alpha value is -1.33. The Kier molecular flexibility index (Phi) is 6.79. The van der Waals surface area contributed by atoms with Gasteiger partial charge in [0.25, 0.3) is 10.1 Å². The first-order valence-corrected chi connectivity index (χ1v) is 10.9. The molecule has 29 heavy (non-hydrogen) atoms. The van der Waals surface area contributed by atoms with Crippen LogP contribution < -0.4 is 0 Å². The van der Waals surface area contributed by atoms with Crippen LogP contribution in [0.25, 0.3) is 11.0 Å². The van der Waals surface area contributed by atoms with Crippen LogP contribution in [0.5, 0.6) is 5.75 Å². The van der Waals surface area contributed by atoms with Gasteiger partial charge >= 0.3 is 0 Å². The van der Waals surface area contributed by atoms with Gasteiger partial charge in [-0.05, 0) is 12.1 Å². The highest BCUT2D eigenvalue weighted by atomic mass is 35.5. The highest BCUT2D eigenvalue weighted by Gasteiger charge is 2.24. The molecule has 0 radical (unpaired) electrons. The maximum absolute atomic E-state index is 11.7. The summed E-state index contributed by atoms with van der Waals surface area (Å²) in [6.45, 7) is 0. The maximum Gasteiger partial charge on any atom is 0.296 e. The topological polar surface area (TPSA) is 164 Å². The number of phenols is 1. The Morgan fingerprint density at radius 1 is 1.10 bits per heavy atom. The van der Waals surface area contributed by atoms with Gasteiger partial charge in [0.05, 0.1) is 38.7 Å². The first-order valence-electron chi connectivity index (χ1n) is 6.84. The number of halogens is 3. The third-order valence-corrected chi connectivity index (χ3v) is 6.40. The monoisotopic (exact) mass is 518 g/mol. The molecular weight excluding hydrogens is 515 g/mol. The normalized spacial score (nSPS) is 12.3. The van der Waals surface area contributed by atoms with Gasteiger partial charge in [-0.1, -0.05) is 39.8 Å². The smallest absolute Gasteiger partial charge is 0.296 e. The molecule has 0 atom stereocenters. The number of aromatic hydroxyl groups is 1. The lowest BCUT2D eigenvalue weighted by atomic mass is 10.2. The first kappa shape index (κ1) is 22.4. The van der Waals surface area contributed by atoms with Gasteiger partial charge in [0.2, 0.25) is 0 Å². The van der Waals surface area contributed by atoms with Gasteiger partial charge in [0.1, 0.15) is 32.3 Å². The number of azo groups is 1. The number of fused-ring (bicyclic) bond motifs is 1. The summed E-state index contributed by atoms with van der Waals surface area (Å²) >= 11 is 18.7. The molecule has 11 nitrogen and oxygen atoms in total. The van der Waals surface area contributed by atoms with Crippen LogP contribution in [0.2, 0.25) is 15.1 Å². The Morgan fingerprint density at radius 2 is 1.79 bits per heavy atom. The molecule has 0 fully saturated rings. The molecule has 0 aliphatic heterocycles. The van der Waals surface area contributed by atoms with E-state index in [9.17, 15) is 18.1 Å². The van der Waals surface area contributed by atoms with Crippen molar-refractivity contribution in [3.8, 4) is 5.75 Å². The van der Waals surface area contributed by atoms with Crippen LogP contribution in [0.1, 0.15) is 0 Å². The molecule has 0 bridgehead atoms. The van der Waals surface area contributed by atoms with E-state index >= 15 is 0 Å². The summed E-state index contributed by atoms with van der Waals surface area (Å²) in [5.41, 5.74) is -0.303. The van der Waals surface area contributed by atoms with Gasteiger partial charge in [-0.3, -0.25) is 4.55 Å². The minimum absolute atomic E-state index is 0.0232. The minimum Gasteiger partial charge on any atom is -0.505 e. The molecule has 0 aliphatic carbocycles. The molecule has 0 aliphatic rings.